The summed E-state index contributed by atoms with van der Waals surface area (Å²) in [6.45, 7) is 2.68. The number of halogens is 1. The van der Waals surface area contributed by atoms with E-state index >= 15 is 0 Å². The maximum atomic E-state index is 5.48. The zero-order valence-electron chi connectivity index (χ0n) is 8.46. The molecule has 0 atom stereocenters. The van der Waals surface area contributed by atoms with Gasteiger partial charge in [0.15, 0.2) is 0 Å². The van der Waals surface area contributed by atoms with Crippen LogP contribution in [0, 0.1) is 10.5 Å². The van der Waals surface area contributed by atoms with Gasteiger partial charge >= 0.3 is 0 Å². The number of furan rings is 1. The average molecular weight is 313 g/mol. The van der Waals surface area contributed by atoms with Crippen molar-refractivity contribution in [3.8, 4) is 0 Å². The summed E-state index contributed by atoms with van der Waals surface area (Å²) in [6, 6.07) is 12.2. The van der Waals surface area contributed by atoms with Crippen molar-refractivity contribution in [1.82, 2.24) is 0 Å². The normalized spacial score (nSPS) is 10.3. The van der Waals surface area contributed by atoms with Gasteiger partial charge in [-0.15, -0.1) is 0 Å². The summed E-state index contributed by atoms with van der Waals surface area (Å²) >= 11 is 2.32. The number of nitrogens with one attached hydrogen (secondary N) is 1. The highest BCUT2D eigenvalue weighted by atomic mass is 127. The van der Waals surface area contributed by atoms with Crippen molar-refractivity contribution in [2.75, 3.05) is 5.32 Å². The highest BCUT2D eigenvalue weighted by Crippen LogP contribution is 2.18. The molecule has 2 aromatic rings. The molecule has 3 heteroatoms. The molecule has 2 rings (SSSR count). The van der Waals surface area contributed by atoms with E-state index in [1.54, 1.807) is 0 Å². The van der Waals surface area contributed by atoms with Crippen LogP contribution in [-0.4, -0.2) is 0 Å². The fraction of sp³-hybridized carbons (Fsp3) is 0.167. The van der Waals surface area contributed by atoms with Crippen LogP contribution in [0.5, 0.6) is 0 Å². The Kier molecular flexibility index (Phi) is 3.30. The van der Waals surface area contributed by atoms with Crippen LogP contribution in [0.25, 0.3) is 0 Å². The van der Waals surface area contributed by atoms with E-state index in [0.29, 0.717) is 0 Å². The van der Waals surface area contributed by atoms with Crippen molar-refractivity contribution in [2.24, 2.45) is 0 Å². The van der Waals surface area contributed by atoms with Gasteiger partial charge in [0.2, 0.25) is 0 Å². The van der Waals surface area contributed by atoms with E-state index in [9.17, 15) is 0 Å². The molecule has 1 aromatic heterocycles. The van der Waals surface area contributed by atoms with Crippen molar-refractivity contribution in [2.45, 2.75) is 13.5 Å². The number of anilines is 1. The largest absolute Gasteiger partial charge is 0.465 e. The van der Waals surface area contributed by atoms with E-state index in [0.717, 1.165) is 23.8 Å². The fourth-order valence-electron chi connectivity index (χ4n) is 1.37. The number of benzene rings is 1. The number of aryl methyl sites for hydroxylation is 1. The number of rotatable bonds is 3. The van der Waals surface area contributed by atoms with Gasteiger partial charge in [0.05, 0.1) is 6.54 Å². The van der Waals surface area contributed by atoms with Crippen LogP contribution in [0.15, 0.2) is 40.8 Å². The Morgan fingerprint density at radius 3 is 2.67 bits per heavy atom. The summed E-state index contributed by atoms with van der Waals surface area (Å²) < 4.78 is 6.70. The molecule has 0 radical (unpaired) electrons. The van der Waals surface area contributed by atoms with E-state index in [4.69, 9.17) is 4.42 Å². The number of hydrogen-bond donors (Lipinski definition) is 1. The molecule has 0 fully saturated rings. The first-order chi connectivity index (χ1) is 7.25. The predicted octanol–water partition coefficient (Wildman–Crippen LogP) is 3.80. The van der Waals surface area contributed by atoms with Gasteiger partial charge in [0, 0.05) is 9.26 Å². The van der Waals surface area contributed by atoms with Crippen molar-refractivity contribution in [3.63, 3.8) is 0 Å². The molecule has 0 aliphatic rings. The molecule has 2 nitrogen and oxygen atoms in total. The minimum absolute atomic E-state index is 0.730. The molecule has 0 saturated carbocycles. The lowest BCUT2D eigenvalue weighted by atomic mass is 10.3. The summed E-state index contributed by atoms with van der Waals surface area (Å²) in [5.41, 5.74) is 1.15. The zero-order valence-corrected chi connectivity index (χ0v) is 10.6. The summed E-state index contributed by atoms with van der Waals surface area (Å²) in [5.74, 6) is 1.92. The molecular formula is C12H12INO. The molecule has 1 N–H and O–H groups in total. The highest BCUT2D eigenvalue weighted by molar-refractivity contribution is 14.1. The van der Waals surface area contributed by atoms with Gasteiger partial charge < -0.3 is 9.73 Å². The molecule has 0 aliphatic heterocycles. The fourth-order valence-corrected chi connectivity index (χ4v) is 1.95. The third kappa shape index (κ3) is 2.75. The third-order valence-electron chi connectivity index (χ3n) is 2.12. The standard InChI is InChI=1S/C12H12INO/c1-9-6-7-10(15-9)8-14-12-5-3-2-4-11(12)13/h2-7,14H,8H2,1H3. The zero-order chi connectivity index (χ0) is 10.7. The van der Waals surface area contributed by atoms with Gasteiger partial charge in [-0.25, -0.2) is 0 Å². The summed E-state index contributed by atoms with van der Waals surface area (Å²) in [7, 11) is 0. The van der Waals surface area contributed by atoms with Crippen LogP contribution in [0.2, 0.25) is 0 Å². The second kappa shape index (κ2) is 4.70. The molecule has 0 unspecified atom stereocenters. The molecule has 0 bridgehead atoms. The second-order valence-electron chi connectivity index (χ2n) is 3.35. The minimum Gasteiger partial charge on any atom is -0.465 e. The Morgan fingerprint density at radius 1 is 1.20 bits per heavy atom. The minimum atomic E-state index is 0.730. The average Bonchev–Trinajstić information content (AvgIpc) is 2.63. The number of hydrogen-bond acceptors (Lipinski definition) is 2. The topological polar surface area (TPSA) is 25.2 Å². The molecule has 0 amide bonds. The van der Waals surface area contributed by atoms with Crippen molar-refractivity contribution >= 4 is 28.3 Å². The Balaban J connectivity index is 2.02. The Labute approximate surface area is 103 Å². The molecular weight excluding hydrogens is 301 g/mol. The SMILES string of the molecule is Cc1ccc(CNc2ccccc2I)o1. The van der Waals surface area contributed by atoms with E-state index < -0.39 is 0 Å². The Hall–Kier alpha value is -0.970. The lowest BCUT2D eigenvalue weighted by Crippen LogP contribution is -1.99. The van der Waals surface area contributed by atoms with Gasteiger partial charge in [-0.1, -0.05) is 12.1 Å². The lowest BCUT2D eigenvalue weighted by Gasteiger charge is -2.06. The van der Waals surface area contributed by atoms with Gasteiger partial charge in [0.1, 0.15) is 11.5 Å². The first-order valence-corrected chi connectivity index (χ1v) is 5.87. The van der Waals surface area contributed by atoms with Crippen LogP contribution in [0.1, 0.15) is 11.5 Å². The first-order valence-electron chi connectivity index (χ1n) is 4.79. The molecule has 0 aliphatic carbocycles. The third-order valence-corrected chi connectivity index (χ3v) is 3.06. The maximum Gasteiger partial charge on any atom is 0.123 e. The van der Waals surface area contributed by atoms with Crippen LogP contribution >= 0.6 is 22.6 Å². The van der Waals surface area contributed by atoms with E-state index in [1.165, 1.54) is 3.57 Å². The Bertz CT molecular complexity index is 450. The summed E-state index contributed by atoms with van der Waals surface area (Å²) in [5, 5.41) is 3.34. The molecule has 0 saturated heterocycles. The van der Waals surface area contributed by atoms with Crippen molar-refractivity contribution in [1.29, 1.82) is 0 Å². The van der Waals surface area contributed by atoms with Gasteiger partial charge in [-0.2, -0.15) is 0 Å². The van der Waals surface area contributed by atoms with Crippen molar-refractivity contribution in [3.05, 3.63) is 51.5 Å². The number of para-hydroxylation sites is 1. The molecule has 15 heavy (non-hydrogen) atoms. The first kappa shape index (κ1) is 10.5. The second-order valence-corrected chi connectivity index (χ2v) is 4.51. The summed E-state index contributed by atoms with van der Waals surface area (Å²) in [6.07, 6.45) is 0. The maximum absolute atomic E-state index is 5.48. The van der Waals surface area contributed by atoms with E-state index in [-0.39, 0.29) is 0 Å². The van der Waals surface area contributed by atoms with Gasteiger partial charge in [-0.05, 0) is 53.8 Å². The van der Waals surface area contributed by atoms with Crippen LogP contribution < -0.4 is 5.32 Å². The lowest BCUT2D eigenvalue weighted by molar-refractivity contribution is 0.490. The molecule has 78 valence electrons. The quantitative estimate of drug-likeness (QED) is 0.872. The predicted molar refractivity (Wildman–Crippen MR) is 69.9 cm³/mol. The molecule has 1 aromatic carbocycles. The van der Waals surface area contributed by atoms with E-state index in [1.807, 2.05) is 31.2 Å². The smallest absolute Gasteiger partial charge is 0.123 e. The van der Waals surface area contributed by atoms with Crippen LogP contribution in [0.3, 0.4) is 0 Å². The van der Waals surface area contributed by atoms with Crippen LogP contribution in [0.4, 0.5) is 5.69 Å². The van der Waals surface area contributed by atoms with E-state index in [2.05, 4.69) is 40.0 Å². The molecule has 1 heterocycles. The highest BCUT2D eigenvalue weighted by Gasteiger charge is 2.00. The molecule has 0 spiro atoms. The van der Waals surface area contributed by atoms with Crippen molar-refractivity contribution < 1.29 is 4.42 Å². The van der Waals surface area contributed by atoms with Crippen LogP contribution in [-0.2, 0) is 6.54 Å². The van der Waals surface area contributed by atoms with Gasteiger partial charge in [0.25, 0.3) is 0 Å². The summed E-state index contributed by atoms with van der Waals surface area (Å²) in [4.78, 5) is 0. The Morgan fingerprint density at radius 2 is 2.00 bits per heavy atom. The monoisotopic (exact) mass is 313 g/mol. The van der Waals surface area contributed by atoms with Gasteiger partial charge in [-0.3, -0.25) is 0 Å².